The number of halogens is 3. The van der Waals surface area contributed by atoms with Crippen molar-refractivity contribution in [1.82, 2.24) is 20.5 Å². The van der Waals surface area contributed by atoms with Gasteiger partial charge in [0.15, 0.2) is 0 Å². The van der Waals surface area contributed by atoms with Crippen LogP contribution in [0.2, 0.25) is 0 Å². The minimum absolute atomic E-state index is 0.0166. The average Bonchev–Trinajstić information content (AvgIpc) is 2.93. The van der Waals surface area contributed by atoms with Crippen molar-refractivity contribution in [3.63, 3.8) is 0 Å². The second-order valence-electron chi connectivity index (χ2n) is 8.14. The number of nitrogens with one attached hydrogen (secondary N) is 2. The van der Waals surface area contributed by atoms with Crippen LogP contribution >= 0.6 is 0 Å². The molecule has 3 saturated heterocycles. The van der Waals surface area contributed by atoms with Gasteiger partial charge in [0.05, 0.1) is 22.9 Å². The molecule has 0 aliphatic carbocycles. The van der Waals surface area contributed by atoms with Gasteiger partial charge in [-0.15, -0.1) is 0 Å². The molecule has 0 radical (unpaired) electrons. The fraction of sp³-hybridized carbons (Fsp3) is 0.684. The number of urea groups is 1. The summed E-state index contributed by atoms with van der Waals surface area (Å²) in [6.07, 6.45) is 0.312. The van der Waals surface area contributed by atoms with Gasteiger partial charge >= 0.3 is 12.2 Å². The van der Waals surface area contributed by atoms with E-state index < -0.39 is 17.3 Å². The lowest BCUT2D eigenvalue weighted by Gasteiger charge is -2.43. The maximum atomic E-state index is 13.1. The van der Waals surface area contributed by atoms with Crippen molar-refractivity contribution in [1.29, 1.82) is 0 Å². The predicted octanol–water partition coefficient (Wildman–Crippen LogP) is 2.38. The van der Waals surface area contributed by atoms with Crippen LogP contribution in [-0.2, 0) is 11.7 Å². The van der Waals surface area contributed by atoms with Crippen molar-refractivity contribution in [3.05, 3.63) is 29.6 Å². The smallest absolute Gasteiger partial charge is 0.393 e. The van der Waals surface area contributed by atoms with Crippen molar-refractivity contribution >= 4 is 6.03 Å². The Kier molecular flexibility index (Phi) is 4.99. The highest BCUT2D eigenvalue weighted by Crippen LogP contribution is 2.37. The van der Waals surface area contributed by atoms with Crippen LogP contribution in [0.25, 0.3) is 0 Å². The third kappa shape index (κ3) is 3.57. The van der Waals surface area contributed by atoms with E-state index in [9.17, 15) is 23.1 Å². The number of carbonyl (C=O) groups excluding carboxylic acids is 1. The Hall–Kier alpha value is -1.87. The third-order valence-corrected chi connectivity index (χ3v) is 6.25. The first-order chi connectivity index (χ1) is 13.3. The number of hydrogen-bond acceptors (Lipinski definition) is 4. The summed E-state index contributed by atoms with van der Waals surface area (Å²) in [5.41, 5.74) is -1.20. The molecule has 0 aromatic carbocycles. The van der Waals surface area contributed by atoms with Crippen LogP contribution in [0.1, 0.15) is 49.8 Å². The highest BCUT2D eigenvalue weighted by Gasteiger charge is 2.46. The standard InChI is InChI=1S/C19H25F3N4O2/c20-19(21,22)12-2-5-16(24-10-12)18(6-1-7-23-11-18)25-17(28)26-13-3-4-14(26)9-15(27)8-13/h2,5,10,13-15,23,27H,1,3-4,6-9,11H2,(H,25,28)/t13?,14?,15?,18-/m0/s1. The van der Waals surface area contributed by atoms with Gasteiger partial charge in [0.1, 0.15) is 0 Å². The fourth-order valence-electron chi connectivity index (χ4n) is 4.89. The van der Waals surface area contributed by atoms with E-state index in [0.717, 1.165) is 38.1 Å². The Morgan fingerprint density at radius 1 is 1.29 bits per heavy atom. The lowest BCUT2D eigenvalue weighted by atomic mass is 9.86. The Morgan fingerprint density at radius 3 is 2.54 bits per heavy atom. The summed E-state index contributed by atoms with van der Waals surface area (Å²) in [4.78, 5) is 19.0. The topological polar surface area (TPSA) is 77.5 Å². The molecular weight excluding hydrogens is 373 g/mol. The molecule has 2 amide bonds. The molecule has 3 aliphatic heterocycles. The molecule has 1 aromatic rings. The van der Waals surface area contributed by atoms with Gasteiger partial charge in [0.25, 0.3) is 0 Å². The van der Waals surface area contributed by atoms with Gasteiger partial charge in [-0.05, 0) is 57.2 Å². The number of piperidine rings is 2. The number of amides is 2. The molecule has 0 saturated carbocycles. The monoisotopic (exact) mass is 398 g/mol. The van der Waals surface area contributed by atoms with E-state index >= 15 is 0 Å². The molecule has 3 N–H and O–H groups in total. The molecule has 0 spiro atoms. The minimum Gasteiger partial charge on any atom is -0.393 e. The van der Waals surface area contributed by atoms with Crippen LogP contribution in [0.5, 0.6) is 0 Å². The van der Waals surface area contributed by atoms with Crippen molar-refractivity contribution in [2.75, 3.05) is 13.1 Å². The molecule has 4 heterocycles. The van der Waals surface area contributed by atoms with Crippen molar-refractivity contribution in [3.8, 4) is 0 Å². The lowest BCUT2D eigenvalue weighted by Crippen LogP contribution is -2.61. The molecule has 6 nitrogen and oxygen atoms in total. The zero-order chi connectivity index (χ0) is 19.9. The highest BCUT2D eigenvalue weighted by molar-refractivity contribution is 5.76. The second-order valence-corrected chi connectivity index (χ2v) is 8.14. The normalized spacial score (nSPS) is 33.0. The van der Waals surface area contributed by atoms with Gasteiger partial charge in [-0.25, -0.2) is 4.79 Å². The molecule has 9 heteroatoms. The van der Waals surface area contributed by atoms with Crippen molar-refractivity contribution < 1.29 is 23.1 Å². The Morgan fingerprint density at radius 2 is 2.00 bits per heavy atom. The van der Waals surface area contributed by atoms with Crippen LogP contribution in [0, 0.1) is 0 Å². The van der Waals surface area contributed by atoms with Crippen molar-refractivity contribution in [2.24, 2.45) is 0 Å². The molecule has 1 aromatic heterocycles. The first-order valence-electron chi connectivity index (χ1n) is 9.81. The Labute approximate surface area is 161 Å². The number of pyridine rings is 1. The summed E-state index contributed by atoms with van der Waals surface area (Å²) < 4.78 is 38.7. The SMILES string of the molecule is O=C(N[C@@]1(c2ccc(C(F)(F)F)cn2)CCCNC1)N1C2CCC1CC(O)C2. The van der Waals surface area contributed by atoms with Crippen LogP contribution in [0.15, 0.2) is 18.3 Å². The molecule has 2 unspecified atom stereocenters. The maximum absolute atomic E-state index is 13.1. The summed E-state index contributed by atoms with van der Waals surface area (Å²) in [5, 5.41) is 16.3. The highest BCUT2D eigenvalue weighted by atomic mass is 19.4. The van der Waals surface area contributed by atoms with Crippen LogP contribution in [0.4, 0.5) is 18.0 Å². The number of nitrogens with zero attached hydrogens (tertiary/aromatic N) is 2. The van der Waals surface area contributed by atoms with E-state index in [-0.39, 0.29) is 24.2 Å². The van der Waals surface area contributed by atoms with Gasteiger partial charge < -0.3 is 20.6 Å². The summed E-state index contributed by atoms with van der Waals surface area (Å²) in [7, 11) is 0. The Bertz CT molecular complexity index is 705. The quantitative estimate of drug-likeness (QED) is 0.715. The number of fused-ring (bicyclic) bond motifs is 2. The first kappa shape index (κ1) is 19.4. The molecule has 28 heavy (non-hydrogen) atoms. The maximum Gasteiger partial charge on any atom is 0.417 e. The van der Waals surface area contributed by atoms with Crippen LogP contribution in [-0.4, -0.2) is 52.3 Å². The number of alkyl halides is 3. The van der Waals surface area contributed by atoms with E-state index in [1.807, 2.05) is 4.90 Å². The largest absolute Gasteiger partial charge is 0.417 e. The fourth-order valence-corrected chi connectivity index (χ4v) is 4.89. The number of aliphatic hydroxyl groups excluding tert-OH is 1. The molecule has 3 atom stereocenters. The van der Waals surface area contributed by atoms with E-state index in [2.05, 4.69) is 15.6 Å². The lowest BCUT2D eigenvalue weighted by molar-refractivity contribution is -0.137. The number of aliphatic hydroxyl groups is 1. The first-order valence-corrected chi connectivity index (χ1v) is 9.81. The van der Waals surface area contributed by atoms with Gasteiger partial charge in [0.2, 0.25) is 0 Å². The second kappa shape index (κ2) is 7.18. The van der Waals surface area contributed by atoms with E-state index in [4.69, 9.17) is 0 Å². The molecule has 154 valence electrons. The third-order valence-electron chi connectivity index (χ3n) is 6.25. The summed E-state index contributed by atoms with van der Waals surface area (Å²) in [6.45, 7) is 1.21. The van der Waals surface area contributed by atoms with Gasteiger partial charge in [-0.2, -0.15) is 13.2 Å². The van der Waals surface area contributed by atoms with Gasteiger partial charge in [-0.3, -0.25) is 4.98 Å². The number of carbonyl (C=O) groups is 1. The molecule has 4 rings (SSSR count). The average molecular weight is 398 g/mol. The van der Waals surface area contributed by atoms with Crippen LogP contribution in [0.3, 0.4) is 0 Å². The predicted molar refractivity (Wildman–Crippen MR) is 95.4 cm³/mol. The van der Waals surface area contributed by atoms with E-state index in [1.54, 1.807) is 0 Å². The molecule has 3 fully saturated rings. The number of rotatable bonds is 2. The number of hydrogen-bond donors (Lipinski definition) is 3. The zero-order valence-corrected chi connectivity index (χ0v) is 15.5. The Balaban J connectivity index is 1.57. The molecular formula is C19H25F3N4O2. The number of aromatic nitrogens is 1. The zero-order valence-electron chi connectivity index (χ0n) is 15.5. The molecule has 3 aliphatic rings. The minimum atomic E-state index is -4.44. The van der Waals surface area contributed by atoms with E-state index in [1.165, 1.54) is 6.07 Å². The summed E-state index contributed by atoms with van der Waals surface area (Å²) in [6, 6.07) is 2.20. The van der Waals surface area contributed by atoms with Gasteiger partial charge in [-0.1, -0.05) is 0 Å². The summed E-state index contributed by atoms with van der Waals surface area (Å²) >= 11 is 0. The molecule has 2 bridgehead atoms. The van der Waals surface area contributed by atoms with E-state index in [0.29, 0.717) is 31.5 Å². The summed E-state index contributed by atoms with van der Waals surface area (Å²) in [5.74, 6) is 0. The van der Waals surface area contributed by atoms with Gasteiger partial charge in [0, 0.05) is 24.8 Å². The van der Waals surface area contributed by atoms with Crippen LogP contribution < -0.4 is 10.6 Å². The van der Waals surface area contributed by atoms with Crippen molar-refractivity contribution in [2.45, 2.75) is 68.4 Å².